The molecule has 20 heavy (non-hydrogen) atoms. The first-order chi connectivity index (χ1) is 9.83. The maximum atomic E-state index is 11.7. The summed E-state index contributed by atoms with van der Waals surface area (Å²) in [6, 6.07) is -0.312. The Morgan fingerprint density at radius 3 is 3.10 bits per heavy atom. The van der Waals surface area contributed by atoms with Gasteiger partial charge in [0, 0.05) is 13.0 Å². The first-order valence-electron chi connectivity index (χ1n) is 6.55. The number of carbonyl (C=O) groups is 1. The summed E-state index contributed by atoms with van der Waals surface area (Å²) in [6.45, 7) is 1.29. The highest BCUT2D eigenvalue weighted by atomic mass is 32.1. The second kappa shape index (κ2) is 5.95. The molecular formula is C11H15N7OS. The van der Waals surface area contributed by atoms with E-state index in [1.165, 1.54) is 17.8 Å². The lowest BCUT2D eigenvalue weighted by molar-refractivity contribution is 0.251. The fraction of sp³-hybridized carbons (Fsp3) is 0.545. The van der Waals surface area contributed by atoms with E-state index in [2.05, 4.69) is 35.6 Å². The van der Waals surface area contributed by atoms with Crippen LogP contribution in [0.3, 0.4) is 0 Å². The van der Waals surface area contributed by atoms with Crippen molar-refractivity contribution in [2.24, 2.45) is 0 Å². The summed E-state index contributed by atoms with van der Waals surface area (Å²) in [7, 11) is 0. The molecule has 8 nitrogen and oxygen atoms in total. The second-order valence-corrected chi connectivity index (χ2v) is 5.38. The van der Waals surface area contributed by atoms with Gasteiger partial charge >= 0.3 is 6.03 Å². The quantitative estimate of drug-likeness (QED) is 0.885. The van der Waals surface area contributed by atoms with Gasteiger partial charge in [0.15, 0.2) is 5.82 Å². The minimum Gasteiger partial charge on any atom is -0.331 e. The van der Waals surface area contributed by atoms with E-state index < -0.39 is 0 Å². The van der Waals surface area contributed by atoms with E-state index in [0.29, 0.717) is 11.7 Å². The first kappa shape index (κ1) is 13.0. The van der Waals surface area contributed by atoms with Crippen molar-refractivity contribution in [1.29, 1.82) is 0 Å². The Kier molecular flexibility index (Phi) is 3.86. The minimum atomic E-state index is -0.312. The molecule has 0 radical (unpaired) electrons. The van der Waals surface area contributed by atoms with Gasteiger partial charge in [-0.25, -0.2) is 4.79 Å². The molecule has 106 valence electrons. The van der Waals surface area contributed by atoms with Crippen molar-refractivity contribution in [3.63, 3.8) is 0 Å². The van der Waals surface area contributed by atoms with Gasteiger partial charge in [-0.15, -0.1) is 20.4 Å². The Morgan fingerprint density at radius 1 is 1.30 bits per heavy atom. The summed E-state index contributed by atoms with van der Waals surface area (Å²) in [6.07, 6.45) is 4.47. The molecule has 0 saturated heterocycles. The summed E-state index contributed by atoms with van der Waals surface area (Å²) in [5.41, 5.74) is 1.56. The molecule has 0 aromatic carbocycles. The highest BCUT2D eigenvalue weighted by Gasteiger charge is 2.15. The lowest BCUT2D eigenvalue weighted by Crippen LogP contribution is -2.29. The van der Waals surface area contributed by atoms with Gasteiger partial charge in [0.1, 0.15) is 11.3 Å². The SMILES string of the molecule is O=C(NCc1nnc2n1CCCCC2)Nc1nncs1. The Hall–Kier alpha value is -2.03. The molecule has 0 bridgehead atoms. The number of fused-ring (bicyclic) bond motifs is 1. The Bertz CT molecular complexity index is 580. The topological polar surface area (TPSA) is 97.6 Å². The summed E-state index contributed by atoms with van der Waals surface area (Å²) >= 11 is 1.27. The monoisotopic (exact) mass is 293 g/mol. The van der Waals surface area contributed by atoms with Gasteiger partial charge in [0.25, 0.3) is 0 Å². The number of amides is 2. The molecule has 0 spiro atoms. The van der Waals surface area contributed by atoms with Crippen LogP contribution in [0.5, 0.6) is 0 Å². The van der Waals surface area contributed by atoms with E-state index in [9.17, 15) is 4.79 Å². The van der Waals surface area contributed by atoms with E-state index >= 15 is 0 Å². The van der Waals surface area contributed by atoms with E-state index in [0.717, 1.165) is 37.5 Å². The number of urea groups is 1. The molecule has 2 aromatic rings. The van der Waals surface area contributed by atoms with Gasteiger partial charge in [-0.05, 0) is 12.8 Å². The zero-order valence-electron chi connectivity index (χ0n) is 10.9. The molecule has 2 amide bonds. The number of aryl methyl sites for hydroxylation is 1. The van der Waals surface area contributed by atoms with Crippen LogP contribution in [0.2, 0.25) is 0 Å². The smallest absolute Gasteiger partial charge is 0.321 e. The van der Waals surface area contributed by atoms with Crippen molar-refractivity contribution in [3.8, 4) is 0 Å². The molecular weight excluding hydrogens is 278 g/mol. The molecule has 0 aliphatic carbocycles. The van der Waals surface area contributed by atoms with Crippen LogP contribution in [0.15, 0.2) is 5.51 Å². The molecule has 0 atom stereocenters. The largest absolute Gasteiger partial charge is 0.331 e. The molecule has 0 fully saturated rings. The Morgan fingerprint density at radius 2 is 2.25 bits per heavy atom. The van der Waals surface area contributed by atoms with Gasteiger partial charge in [0.05, 0.1) is 6.54 Å². The van der Waals surface area contributed by atoms with Crippen LogP contribution in [0.4, 0.5) is 9.93 Å². The lowest BCUT2D eigenvalue weighted by atomic mass is 10.2. The van der Waals surface area contributed by atoms with Crippen molar-refractivity contribution in [3.05, 3.63) is 17.2 Å². The average molecular weight is 293 g/mol. The van der Waals surface area contributed by atoms with Crippen LogP contribution >= 0.6 is 11.3 Å². The Balaban J connectivity index is 1.58. The maximum absolute atomic E-state index is 11.7. The fourth-order valence-electron chi connectivity index (χ4n) is 2.20. The van der Waals surface area contributed by atoms with Gasteiger partial charge in [-0.2, -0.15) is 0 Å². The van der Waals surface area contributed by atoms with Crippen LogP contribution < -0.4 is 10.6 Å². The van der Waals surface area contributed by atoms with Gasteiger partial charge < -0.3 is 9.88 Å². The predicted molar refractivity (Wildman–Crippen MR) is 73.3 cm³/mol. The maximum Gasteiger partial charge on any atom is 0.321 e. The predicted octanol–water partition coefficient (Wildman–Crippen LogP) is 1.18. The van der Waals surface area contributed by atoms with Crippen LogP contribution in [0.1, 0.15) is 30.9 Å². The number of anilines is 1. The van der Waals surface area contributed by atoms with E-state index in [4.69, 9.17) is 0 Å². The highest BCUT2D eigenvalue weighted by molar-refractivity contribution is 7.13. The molecule has 9 heteroatoms. The number of hydrogen-bond acceptors (Lipinski definition) is 6. The molecule has 0 saturated carbocycles. The van der Waals surface area contributed by atoms with E-state index in [1.54, 1.807) is 5.51 Å². The van der Waals surface area contributed by atoms with Crippen molar-refractivity contribution >= 4 is 22.5 Å². The molecule has 3 heterocycles. The zero-order valence-corrected chi connectivity index (χ0v) is 11.7. The van der Waals surface area contributed by atoms with Crippen molar-refractivity contribution in [1.82, 2.24) is 30.3 Å². The number of rotatable bonds is 3. The Labute approximate surface area is 119 Å². The van der Waals surface area contributed by atoms with Gasteiger partial charge in [-0.3, -0.25) is 5.32 Å². The highest BCUT2D eigenvalue weighted by Crippen LogP contribution is 2.14. The molecule has 1 aliphatic rings. The number of hydrogen-bond donors (Lipinski definition) is 2. The number of aromatic nitrogens is 5. The van der Waals surface area contributed by atoms with Gasteiger partial charge in [-0.1, -0.05) is 17.8 Å². The van der Waals surface area contributed by atoms with Crippen LogP contribution in [-0.4, -0.2) is 31.0 Å². The van der Waals surface area contributed by atoms with Crippen molar-refractivity contribution in [2.75, 3.05) is 5.32 Å². The molecule has 2 N–H and O–H groups in total. The number of carbonyl (C=O) groups excluding carboxylic acids is 1. The normalized spacial score (nSPS) is 14.4. The van der Waals surface area contributed by atoms with Crippen LogP contribution in [0, 0.1) is 0 Å². The summed E-state index contributed by atoms with van der Waals surface area (Å²) < 4.78 is 2.11. The third-order valence-corrected chi connectivity index (χ3v) is 3.78. The van der Waals surface area contributed by atoms with Crippen molar-refractivity contribution in [2.45, 2.75) is 38.8 Å². The average Bonchev–Trinajstić information content (AvgIpc) is 3.02. The number of nitrogens with one attached hydrogen (secondary N) is 2. The zero-order chi connectivity index (χ0) is 13.8. The summed E-state index contributed by atoms with van der Waals surface area (Å²) in [5, 5.41) is 21.6. The number of nitrogens with zero attached hydrogens (tertiary/aromatic N) is 5. The first-order valence-corrected chi connectivity index (χ1v) is 7.43. The third-order valence-electron chi connectivity index (χ3n) is 3.17. The third kappa shape index (κ3) is 2.93. The minimum absolute atomic E-state index is 0.312. The lowest BCUT2D eigenvalue weighted by Gasteiger charge is -2.08. The fourth-order valence-corrected chi connectivity index (χ4v) is 2.64. The second-order valence-electron chi connectivity index (χ2n) is 4.55. The molecule has 1 aliphatic heterocycles. The van der Waals surface area contributed by atoms with Crippen LogP contribution in [-0.2, 0) is 19.5 Å². The summed E-state index contributed by atoms with van der Waals surface area (Å²) in [4.78, 5) is 11.7. The standard InChI is InChI=1S/C11H15N7OS/c19-10(14-11-17-13-7-20-11)12-6-9-16-15-8-4-2-1-3-5-18(8)9/h7H,1-6H2,(H2,12,14,17,19). The summed E-state index contributed by atoms with van der Waals surface area (Å²) in [5.74, 6) is 1.82. The van der Waals surface area contributed by atoms with E-state index in [-0.39, 0.29) is 6.03 Å². The van der Waals surface area contributed by atoms with E-state index in [1.807, 2.05) is 0 Å². The molecule has 0 unspecified atom stereocenters. The van der Waals surface area contributed by atoms with Crippen LogP contribution in [0.25, 0.3) is 0 Å². The van der Waals surface area contributed by atoms with Crippen molar-refractivity contribution < 1.29 is 4.79 Å². The molecule has 3 rings (SSSR count). The van der Waals surface area contributed by atoms with Gasteiger partial charge in [0.2, 0.25) is 5.13 Å². The molecule has 2 aromatic heterocycles.